The second-order valence-electron chi connectivity index (χ2n) is 6.46. The van der Waals surface area contributed by atoms with Gasteiger partial charge in [-0.25, -0.2) is 0 Å². The summed E-state index contributed by atoms with van der Waals surface area (Å²) in [7, 11) is 2.04. The van der Waals surface area contributed by atoms with Gasteiger partial charge in [-0.05, 0) is 30.8 Å². The molecule has 0 radical (unpaired) electrons. The zero-order valence-corrected chi connectivity index (χ0v) is 15.4. The Kier molecular flexibility index (Phi) is 5.91. The van der Waals surface area contributed by atoms with Crippen LogP contribution in [0.4, 0.5) is 0 Å². The van der Waals surface area contributed by atoms with Crippen molar-refractivity contribution in [3.8, 4) is 0 Å². The van der Waals surface area contributed by atoms with Crippen LogP contribution >= 0.6 is 11.6 Å². The summed E-state index contributed by atoms with van der Waals surface area (Å²) in [6, 6.07) is 15.3. The molecule has 1 heterocycles. The lowest BCUT2D eigenvalue weighted by Crippen LogP contribution is -2.51. The summed E-state index contributed by atoms with van der Waals surface area (Å²) in [5.74, 6) is -0.400. The molecule has 26 heavy (non-hydrogen) atoms. The van der Waals surface area contributed by atoms with Gasteiger partial charge in [0.25, 0.3) is 5.91 Å². The van der Waals surface area contributed by atoms with E-state index in [-0.39, 0.29) is 11.8 Å². The molecule has 0 aromatic heterocycles. The van der Waals surface area contributed by atoms with E-state index in [9.17, 15) is 9.59 Å². The van der Waals surface area contributed by atoms with Crippen molar-refractivity contribution >= 4 is 23.4 Å². The minimum absolute atomic E-state index is 0.0836. The van der Waals surface area contributed by atoms with E-state index in [1.165, 1.54) is 0 Å². The fraction of sp³-hybridized carbons (Fsp3) is 0.300. The molecule has 1 aliphatic heterocycles. The number of carbonyl (C=O) groups is 2. The van der Waals surface area contributed by atoms with Crippen LogP contribution in [-0.2, 0) is 4.79 Å². The van der Waals surface area contributed by atoms with Crippen LogP contribution in [-0.4, -0.2) is 54.8 Å². The van der Waals surface area contributed by atoms with E-state index >= 15 is 0 Å². The van der Waals surface area contributed by atoms with Gasteiger partial charge in [-0.3, -0.25) is 9.59 Å². The summed E-state index contributed by atoms with van der Waals surface area (Å²) >= 11 is 5.98. The Balaban J connectivity index is 1.82. The number of halogens is 1. The highest BCUT2D eigenvalue weighted by Crippen LogP contribution is 2.19. The van der Waals surface area contributed by atoms with Crippen molar-refractivity contribution < 1.29 is 9.59 Å². The monoisotopic (exact) mass is 371 g/mol. The van der Waals surface area contributed by atoms with E-state index in [2.05, 4.69) is 10.2 Å². The Hall–Kier alpha value is -2.37. The summed E-state index contributed by atoms with van der Waals surface area (Å²) in [6.07, 6.45) is 0. The average Bonchev–Trinajstić information content (AvgIpc) is 2.66. The predicted octanol–water partition coefficient (Wildman–Crippen LogP) is 2.59. The van der Waals surface area contributed by atoms with Crippen molar-refractivity contribution in [1.82, 2.24) is 15.1 Å². The van der Waals surface area contributed by atoms with Gasteiger partial charge in [-0.1, -0.05) is 48.0 Å². The summed E-state index contributed by atoms with van der Waals surface area (Å²) in [6.45, 7) is 2.97. The average molecular weight is 372 g/mol. The Bertz CT molecular complexity index is 774. The lowest BCUT2D eigenvalue weighted by atomic mass is 10.0. The van der Waals surface area contributed by atoms with E-state index in [0.717, 1.165) is 18.7 Å². The maximum absolute atomic E-state index is 13.1. The molecule has 1 fully saturated rings. The number of nitrogens with zero attached hydrogens (tertiary/aromatic N) is 2. The van der Waals surface area contributed by atoms with Crippen molar-refractivity contribution in [2.24, 2.45) is 0 Å². The number of likely N-dealkylation sites (N-methyl/N-ethyl adjacent to an activating group) is 1. The highest BCUT2D eigenvalue weighted by atomic mass is 35.5. The number of rotatable bonds is 4. The second kappa shape index (κ2) is 8.34. The molecule has 6 heteroatoms. The third-order valence-electron chi connectivity index (χ3n) is 4.56. The fourth-order valence-corrected chi connectivity index (χ4v) is 3.18. The maximum atomic E-state index is 13.1. The molecule has 0 unspecified atom stereocenters. The van der Waals surface area contributed by atoms with Crippen LogP contribution in [0.5, 0.6) is 0 Å². The van der Waals surface area contributed by atoms with Gasteiger partial charge in [0.15, 0.2) is 0 Å². The first-order valence-corrected chi connectivity index (χ1v) is 9.01. The van der Waals surface area contributed by atoms with Gasteiger partial charge in [-0.2, -0.15) is 0 Å². The molecular formula is C20H22ClN3O2. The Morgan fingerprint density at radius 2 is 1.69 bits per heavy atom. The van der Waals surface area contributed by atoms with Crippen molar-refractivity contribution in [3.05, 3.63) is 70.7 Å². The Labute approximate surface area is 158 Å². The lowest BCUT2D eigenvalue weighted by molar-refractivity contribution is -0.135. The molecule has 5 nitrogen and oxygen atoms in total. The third kappa shape index (κ3) is 4.42. The van der Waals surface area contributed by atoms with Gasteiger partial charge in [0.05, 0.1) is 0 Å². The molecule has 0 spiro atoms. The van der Waals surface area contributed by atoms with Crippen LogP contribution in [0.15, 0.2) is 54.6 Å². The summed E-state index contributed by atoms with van der Waals surface area (Å²) in [4.78, 5) is 29.8. The molecule has 2 amide bonds. The first-order valence-electron chi connectivity index (χ1n) is 8.63. The van der Waals surface area contributed by atoms with Crippen molar-refractivity contribution in [1.29, 1.82) is 0 Å². The Morgan fingerprint density at radius 3 is 2.35 bits per heavy atom. The van der Waals surface area contributed by atoms with Crippen LogP contribution in [0.3, 0.4) is 0 Å². The number of nitrogens with one attached hydrogen (secondary N) is 1. The molecule has 0 saturated carbocycles. The molecule has 1 atom stereocenters. The normalized spacial score (nSPS) is 16.2. The number of amides is 2. The summed E-state index contributed by atoms with van der Waals surface area (Å²) < 4.78 is 0. The third-order valence-corrected chi connectivity index (χ3v) is 4.79. The lowest BCUT2D eigenvalue weighted by Gasteiger charge is -2.35. The topological polar surface area (TPSA) is 52.6 Å². The van der Waals surface area contributed by atoms with E-state index in [1.54, 1.807) is 24.3 Å². The van der Waals surface area contributed by atoms with E-state index < -0.39 is 6.04 Å². The van der Waals surface area contributed by atoms with Gasteiger partial charge in [0, 0.05) is 36.8 Å². The van der Waals surface area contributed by atoms with E-state index in [1.807, 2.05) is 42.3 Å². The van der Waals surface area contributed by atoms with Gasteiger partial charge in [0.1, 0.15) is 6.04 Å². The van der Waals surface area contributed by atoms with Crippen LogP contribution < -0.4 is 5.32 Å². The summed E-state index contributed by atoms with van der Waals surface area (Å²) in [5, 5.41) is 3.37. The highest BCUT2D eigenvalue weighted by molar-refractivity contribution is 6.31. The quantitative estimate of drug-likeness (QED) is 0.898. The first-order chi connectivity index (χ1) is 12.5. The van der Waals surface area contributed by atoms with Crippen molar-refractivity contribution in [2.75, 3.05) is 33.2 Å². The first kappa shape index (κ1) is 18.4. The van der Waals surface area contributed by atoms with Crippen LogP contribution in [0.25, 0.3) is 0 Å². The smallest absolute Gasteiger partial charge is 0.252 e. The zero-order valence-electron chi connectivity index (χ0n) is 14.7. The number of hydrogen-bond donors (Lipinski definition) is 1. The SMILES string of the molecule is CN1CCN(C(=O)[C@@H](NC(=O)c2cccc(Cl)c2)c2ccccc2)CC1. The minimum Gasteiger partial charge on any atom is -0.338 e. The molecule has 1 aliphatic rings. The van der Waals surface area contributed by atoms with Crippen LogP contribution in [0.2, 0.25) is 5.02 Å². The molecule has 1 N–H and O–H groups in total. The summed E-state index contributed by atoms with van der Waals surface area (Å²) in [5.41, 5.74) is 1.21. The van der Waals surface area contributed by atoms with Gasteiger partial charge >= 0.3 is 0 Å². The molecule has 2 aromatic carbocycles. The van der Waals surface area contributed by atoms with Crippen LogP contribution in [0, 0.1) is 0 Å². The predicted molar refractivity (Wildman–Crippen MR) is 102 cm³/mol. The largest absolute Gasteiger partial charge is 0.338 e. The highest BCUT2D eigenvalue weighted by Gasteiger charge is 2.29. The number of hydrogen-bond acceptors (Lipinski definition) is 3. The van der Waals surface area contributed by atoms with Gasteiger partial charge < -0.3 is 15.1 Å². The van der Waals surface area contributed by atoms with Crippen molar-refractivity contribution in [3.63, 3.8) is 0 Å². The zero-order chi connectivity index (χ0) is 18.5. The van der Waals surface area contributed by atoms with Gasteiger partial charge in [-0.15, -0.1) is 0 Å². The minimum atomic E-state index is -0.717. The van der Waals surface area contributed by atoms with Gasteiger partial charge in [0.2, 0.25) is 5.91 Å². The maximum Gasteiger partial charge on any atom is 0.252 e. The van der Waals surface area contributed by atoms with E-state index in [0.29, 0.717) is 23.7 Å². The molecule has 1 saturated heterocycles. The molecular weight excluding hydrogens is 350 g/mol. The molecule has 0 aliphatic carbocycles. The van der Waals surface area contributed by atoms with E-state index in [4.69, 9.17) is 11.6 Å². The molecule has 2 aromatic rings. The molecule has 3 rings (SSSR count). The van der Waals surface area contributed by atoms with Crippen LogP contribution in [0.1, 0.15) is 22.0 Å². The number of benzene rings is 2. The number of piperazine rings is 1. The van der Waals surface area contributed by atoms with Crippen molar-refractivity contribution in [2.45, 2.75) is 6.04 Å². The molecule has 0 bridgehead atoms. The fourth-order valence-electron chi connectivity index (χ4n) is 2.99. The standard InChI is InChI=1S/C20H22ClN3O2/c1-23-10-12-24(13-11-23)20(26)18(15-6-3-2-4-7-15)22-19(25)16-8-5-9-17(21)14-16/h2-9,14,18H,10-13H2,1H3,(H,22,25)/t18-/m0/s1. The Morgan fingerprint density at radius 1 is 1.00 bits per heavy atom. The number of carbonyl (C=O) groups excluding carboxylic acids is 2. The molecule has 136 valence electrons. The second-order valence-corrected chi connectivity index (χ2v) is 6.89.